The third kappa shape index (κ3) is 6.86. The SMILES string of the molecule is CC(C)(C)c1ccc2c(-c3ccc(N(c4ccccc4)c4ccccc4)cc3)cc3c4ccccc4c(-c4ccc(N(c5ccccc5)c5ccccc5)cc4)cc3c2c1. The quantitative estimate of drug-likeness (QED) is 0.142. The van der Waals surface area contributed by atoms with Gasteiger partial charge in [0.05, 0.1) is 0 Å². The van der Waals surface area contributed by atoms with Crippen molar-refractivity contribution in [1.29, 1.82) is 0 Å². The Morgan fingerprint density at radius 3 is 0.983 bits per heavy atom. The summed E-state index contributed by atoms with van der Waals surface area (Å²) < 4.78 is 0. The van der Waals surface area contributed by atoms with Crippen LogP contribution < -0.4 is 9.80 Å². The maximum Gasteiger partial charge on any atom is 0.0462 e. The molecule has 0 radical (unpaired) electrons. The van der Waals surface area contributed by atoms with E-state index in [-0.39, 0.29) is 5.41 Å². The lowest BCUT2D eigenvalue weighted by molar-refractivity contribution is 0.591. The summed E-state index contributed by atoms with van der Waals surface area (Å²) in [6, 6.07) is 81.5. The average Bonchev–Trinajstić information content (AvgIpc) is 3.30. The number of anilines is 6. The van der Waals surface area contributed by atoms with Crippen LogP contribution in [0.2, 0.25) is 0 Å². The molecule has 0 bridgehead atoms. The molecule has 0 saturated carbocycles. The average molecular weight is 771 g/mol. The number of para-hydroxylation sites is 4. The Bertz CT molecular complexity index is 3000. The van der Waals surface area contributed by atoms with Crippen LogP contribution in [0.5, 0.6) is 0 Å². The van der Waals surface area contributed by atoms with E-state index in [2.05, 4.69) is 255 Å². The molecule has 0 unspecified atom stereocenters. The van der Waals surface area contributed by atoms with Gasteiger partial charge in [-0.2, -0.15) is 0 Å². The number of nitrogens with zero attached hydrogens (tertiary/aromatic N) is 2. The van der Waals surface area contributed by atoms with E-state index in [1.807, 2.05) is 0 Å². The zero-order chi connectivity index (χ0) is 40.6. The van der Waals surface area contributed by atoms with Gasteiger partial charge in [0, 0.05) is 34.1 Å². The molecule has 0 aromatic heterocycles. The van der Waals surface area contributed by atoms with Gasteiger partial charge in [0.1, 0.15) is 0 Å². The number of hydrogen-bond donors (Lipinski definition) is 0. The molecule has 10 aromatic rings. The largest absolute Gasteiger partial charge is 0.311 e. The van der Waals surface area contributed by atoms with Crippen molar-refractivity contribution in [2.45, 2.75) is 26.2 Å². The van der Waals surface area contributed by atoms with Crippen LogP contribution in [0.4, 0.5) is 34.1 Å². The molecular weight excluding hydrogens is 725 g/mol. The molecule has 2 heteroatoms. The minimum atomic E-state index is -0.00457. The number of rotatable bonds is 8. The fourth-order valence-electron chi connectivity index (χ4n) is 8.73. The molecule has 60 heavy (non-hydrogen) atoms. The van der Waals surface area contributed by atoms with Crippen LogP contribution in [-0.4, -0.2) is 0 Å². The summed E-state index contributed by atoms with van der Waals surface area (Å²) >= 11 is 0. The monoisotopic (exact) mass is 770 g/mol. The van der Waals surface area contributed by atoms with Gasteiger partial charge < -0.3 is 9.80 Å². The summed E-state index contributed by atoms with van der Waals surface area (Å²) in [6.07, 6.45) is 0. The highest BCUT2D eigenvalue weighted by Crippen LogP contribution is 2.45. The fourth-order valence-corrected chi connectivity index (χ4v) is 8.73. The first-order valence-corrected chi connectivity index (χ1v) is 20.8. The Kier molecular flexibility index (Phi) is 9.47. The number of hydrogen-bond acceptors (Lipinski definition) is 2. The van der Waals surface area contributed by atoms with Crippen molar-refractivity contribution in [2.24, 2.45) is 0 Å². The molecule has 10 aromatic carbocycles. The van der Waals surface area contributed by atoms with Crippen molar-refractivity contribution in [3.8, 4) is 22.3 Å². The fraction of sp³-hybridized carbons (Fsp3) is 0.0690. The topological polar surface area (TPSA) is 6.48 Å². The van der Waals surface area contributed by atoms with E-state index < -0.39 is 0 Å². The van der Waals surface area contributed by atoms with Crippen molar-refractivity contribution in [2.75, 3.05) is 9.80 Å². The molecular formula is C58H46N2. The van der Waals surface area contributed by atoms with Crippen molar-refractivity contribution >= 4 is 66.4 Å². The van der Waals surface area contributed by atoms with E-state index in [0.717, 1.165) is 34.1 Å². The predicted molar refractivity (Wildman–Crippen MR) is 258 cm³/mol. The highest BCUT2D eigenvalue weighted by atomic mass is 15.1. The van der Waals surface area contributed by atoms with E-state index in [9.17, 15) is 0 Å². The Balaban J connectivity index is 1.13. The van der Waals surface area contributed by atoms with Crippen molar-refractivity contribution in [3.05, 3.63) is 230 Å². The van der Waals surface area contributed by atoms with Gasteiger partial charge in [0.25, 0.3) is 0 Å². The van der Waals surface area contributed by atoms with E-state index >= 15 is 0 Å². The summed E-state index contributed by atoms with van der Waals surface area (Å²) in [7, 11) is 0. The van der Waals surface area contributed by atoms with Crippen molar-refractivity contribution in [1.82, 2.24) is 0 Å². The first-order valence-electron chi connectivity index (χ1n) is 20.8. The van der Waals surface area contributed by atoms with E-state index in [1.54, 1.807) is 0 Å². The molecule has 288 valence electrons. The predicted octanol–water partition coefficient (Wildman–Crippen LogP) is 16.7. The maximum absolute atomic E-state index is 2.45. The van der Waals surface area contributed by atoms with Crippen LogP contribution in [0.3, 0.4) is 0 Å². The van der Waals surface area contributed by atoms with Crippen LogP contribution in [-0.2, 0) is 5.41 Å². The van der Waals surface area contributed by atoms with Crippen LogP contribution in [0.1, 0.15) is 26.3 Å². The van der Waals surface area contributed by atoms with Gasteiger partial charge in [-0.3, -0.25) is 0 Å². The molecule has 0 aliphatic carbocycles. The lowest BCUT2D eigenvalue weighted by Gasteiger charge is -2.26. The second-order valence-corrected chi connectivity index (χ2v) is 16.6. The molecule has 0 amide bonds. The first-order chi connectivity index (χ1) is 29.4. The van der Waals surface area contributed by atoms with Crippen LogP contribution in [0.15, 0.2) is 224 Å². The molecule has 0 aliphatic heterocycles. The molecule has 0 saturated heterocycles. The minimum Gasteiger partial charge on any atom is -0.311 e. The zero-order valence-electron chi connectivity index (χ0n) is 34.3. The molecule has 0 heterocycles. The third-order valence-corrected chi connectivity index (χ3v) is 11.8. The Hall–Kier alpha value is -7.42. The number of fused-ring (bicyclic) bond motifs is 5. The molecule has 10 rings (SSSR count). The normalized spacial score (nSPS) is 11.6. The lowest BCUT2D eigenvalue weighted by Crippen LogP contribution is -2.10. The first kappa shape index (κ1) is 36.9. The van der Waals surface area contributed by atoms with Gasteiger partial charge in [-0.25, -0.2) is 0 Å². The second kappa shape index (κ2) is 15.4. The zero-order valence-corrected chi connectivity index (χ0v) is 34.3. The van der Waals surface area contributed by atoms with E-state index in [1.165, 1.54) is 60.1 Å². The van der Waals surface area contributed by atoms with Gasteiger partial charge in [-0.15, -0.1) is 0 Å². The summed E-state index contributed by atoms with van der Waals surface area (Å²) in [5.41, 5.74) is 12.9. The molecule has 2 nitrogen and oxygen atoms in total. The molecule has 0 N–H and O–H groups in total. The summed E-state index contributed by atoms with van der Waals surface area (Å²) in [6.45, 7) is 6.92. The Labute approximate surface area is 353 Å². The molecule has 0 spiro atoms. The maximum atomic E-state index is 2.45. The summed E-state index contributed by atoms with van der Waals surface area (Å²) in [5.74, 6) is 0. The van der Waals surface area contributed by atoms with Crippen LogP contribution in [0.25, 0.3) is 54.6 Å². The van der Waals surface area contributed by atoms with Crippen LogP contribution in [0, 0.1) is 0 Å². The van der Waals surface area contributed by atoms with E-state index in [4.69, 9.17) is 0 Å². The standard InChI is InChI=1S/C58H46N2/c1-58(2,3)43-32-37-52-54(42-30-35-49(36-31-42)60(46-22-12-6-13-23-46)47-24-14-7-15-25-47)39-56-51-27-17-16-26-50(51)53(40-57(56)55(52)38-43)41-28-33-48(34-29-41)59(44-18-8-4-9-19-44)45-20-10-5-11-21-45/h4-40H,1-3H3. The number of benzene rings is 10. The highest BCUT2D eigenvalue weighted by molar-refractivity contribution is 6.24. The lowest BCUT2D eigenvalue weighted by atomic mass is 9.82. The van der Waals surface area contributed by atoms with Crippen molar-refractivity contribution < 1.29 is 0 Å². The van der Waals surface area contributed by atoms with Gasteiger partial charge in [-0.1, -0.05) is 154 Å². The highest BCUT2D eigenvalue weighted by Gasteiger charge is 2.20. The van der Waals surface area contributed by atoms with Crippen molar-refractivity contribution in [3.63, 3.8) is 0 Å². The second-order valence-electron chi connectivity index (χ2n) is 16.6. The van der Waals surface area contributed by atoms with Gasteiger partial charge in [0.15, 0.2) is 0 Å². The third-order valence-electron chi connectivity index (χ3n) is 11.8. The molecule has 0 atom stereocenters. The molecule has 0 aliphatic rings. The Morgan fingerprint density at radius 1 is 0.267 bits per heavy atom. The van der Waals surface area contributed by atoms with Gasteiger partial charge >= 0.3 is 0 Å². The smallest absolute Gasteiger partial charge is 0.0462 e. The van der Waals surface area contributed by atoms with Crippen LogP contribution >= 0.6 is 0 Å². The van der Waals surface area contributed by atoms with E-state index in [0.29, 0.717) is 0 Å². The van der Waals surface area contributed by atoms with Gasteiger partial charge in [0.2, 0.25) is 0 Å². The van der Waals surface area contributed by atoms with Gasteiger partial charge in [-0.05, 0) is 157 Å². The summed E-state index contributed by atoms with van der Waals surface area (Å²) in [4.78, 5) is 4.64. The molecule has 0 fully saturated rings. The minimum absolute atomic E-state index is 0.00457. The summed E-state index contributed by atoms with van der Waals surface area (Å²) in [5, 5.41) is 7.56. The Morgan fingerprint density at radius 2 is 0.583 bits per heavy atom.